The number of hydrogen-bond donors (Lipinski definition) is 2. The van der Waals surface area contributed by atoms with Crippen LogP contribution in [0.15, 0.2) is 77.4 Å². The van der Waals surface area contributed by atoms with E-state index in [9.17, 15) is 9.59 Å². The van der Waals surface area contributed by atoms with E-state index in [-0.39, 0.29) is 17.9 Å². The molecule has 31 heavy (non-hydrogen) atoms. The maximum Gasteiger partial charge on any atom is 0.251 e. The first-order chi connectivity index (χ1) is 15.1. The lowest BCUT2D eigenvalue weighted by Crippen LogP contribution is -2.40. The fourth-order valence-corrected chi connectivity index (χ4v) is 3.54. The van der Waals surface area contributed by atoms with Gasteiger partial charge >= 0.3 is 0 Å². The number of likely N-dealkylation sites (N-methyl/N-ethyl adjacent to an activating group) is 1. The molecule has 0 aliphatic rings. The fourth-order valence-electron chi connectivity index (χ4n) is 3.54. The van der Waals surface area contributed by atoms with Crippen LogP contribution < -0.4 is 10.6 Å². The van der Waals surface area contributed by atoms with E-state index in [1.165, 1.54) is 0 Å². The van der Waals surface area contributed by atoms with Gasteiger partial charge in [0, 0.05) is 12.1 Å². The lowest BCUT2D eigenvalue weighted by molar-refractivity contribution is -0.126. The molecule has 162 valence electrons. The van der Waals surface area contributed by atoms with Gasteiger partial charge in [0.25, 0.3) is 5.91 Å². The maximum atomic E-state index is 13.1. The lowest BCUT2D eigenvalue weighted by Gasteiger charge is -2.29. The van der Waals surface area contributed by atoms with Crippen LogP contribution in [0.2, 0.25) is 0 Å². The van der Waals surface area contributed by atoms with Crippen molar-refractivity contribution in [3.63, 3.8) is 0 Å². The molecular weight excluding hydrogens is 390 g/mol. The van der Waals surface area contributed by atoms with E-state index >= 15 is 0 Å². The Labute approximate surface area is 183 Å². The standard InChI is InChI=1S/C25H29N3O3/c1-3-28(4-2)23(20-11-6-5-7-12-20)25(30)26-17-19-10-8-13-21(16-19)24(29)27-18-22-14-9-15-31-22/h5-16,23H,3-4,17-18H2,1-2H3,(H,26,30)(H,27,29). The van der Waals surface area contributed by atoms with Gasteiger partial charge < -0.3 is 15.1 Å². The number of benzene rings is 2. The summed E-state index contributed by atoms with van der Waals surface area (Å²) in [5, 5.41) is 5.88. The van der Waals surface area contributed by atoms with Crippen molar-refractivity contribution in [1.82, 2.24) is 15.5 Å². The highest BCUT2D eigenvalue weighted by atomic mass is 16.3. The second-order valence-corrected chi connectivity index (χ2v) is 7.21. The van der Waals surface area contributed by atoms with Crippen molar-refractivity contribution in [3.8, 4) is 0 Å². The third-order valence-electron chi connectivity index (χ3n) is 5.20. The molecule has 0 aliphatic carbocycles. The van der Waals surface area contributed by atoms with Crippen LogP contribution in [-0.2, 0) is 17.9 Å². The molecule has 2 aromatic carbocycles. The zero-order chi connectivity index (χ0) is 22.1. The van der Waals surface area contributed by atoms with Crippen LogP contribution in [0.4, 0.5) is 0 Å². The van der Waals surface area contributed by atoms with E-state index in [1.807, 2.05) is 48.5 Å². The van der Waals surface area contributed by atoms with Gasteiger partial charge in [0.05, 0.1) is 12.8 Å². The van der Waals surface area contributed by atoms with E-state index < -0.39 is 0 Å². The van der Waals surface area contributed by atoms with Crippen LogP contribution >= 0.6 is 0 Å². The molecule has 3 aromatic rings. The van der Waals surface area contributed by atoms with Crippen LogP contribution in [-0.4, -0.2) is 29.8 Å². The molecule has 0 saturated carbocycles. The topological polar surface area (TPSA) is 74.6 Å². The largest absolute Gasteiger partial charge is 0.467 e. The first-order valence-corrected chi connectivity index (χ1v) is 10.6. The van der Waals surface area contributed by atoms with Crippen LogP contribution in [0.1, 0.15) is 47.1 Å². The van der Waals surface area contributed by atoms with Gasteiger partial charge in [-0.2, -0.15) is 0 Å². The Morgan fingerprint density at radius 1 is 0.903 bits per heavy atom. The van der Waals surface area contributed by atoms with Gasteiger partial charge in [-0.3, -0.25) is 14.5 Å². The van der Waals surface area contributed by atoms with E-state index in [2.05, 4.69) is 29.4 Å². The van der Waals surface area contributed by atoms with E-state index in [1.54, 1.807) is 24.5 Å². The first kappa shape index (κ1) is 22.3. The van der Waals surface area contributed by atoms with Crippen LogP contribution in [0.5, 0.6) is 0 Å². The minimum atomic E-state index is -0.351. The summed E-state index contributed by atoms with van der Waals surface area (Å²) in [5.41, 5.74) is 2.38. The highest BCUT2D eigenvalue weighted by Gasteiger charge is 2.25. The van der Waals surface area contributed by atoms with E-state index in [0.717, 1.165) is 24.2 Å². The Hall–Kier alpha value is -3.38. The SMILES string of the molecule is CCN(CC)C(C(=O)NCc1cccc(C(=O)NCc2ccco2)c1)c1ccccc1. The summed E-state index contributed by atoms with van der Waals surface area (Å²) < 4.78 is 5.24. The second-order valence-electron chi connectivity index (χ2n) is 7.21. The summed E-state index contributed by atoms with van der Waals surface area (Å²) in [6, 6.07) is 20.3. The second kappa shape index (κ2) is 11.1. The Balaban J connectivity index is 1.64. The molecule has 2 amide bonds. The molecule has 6 heteroatoms. The highest BCUT2D eigenvalue weighted by molar-refractivity contribution is 5.94. The van der Waals surface area contributed by atoms with Gasteiger partial charge in [-0.25, -0.2) is 0 Å². The van der Waals surface area contributed by atoms with Crippen molar-refractivity contribution in [2.45, 2.75) is 33.0 Å². The number of rotatable bonds is 10. The first-order valence-electron chi connectivity index (χ1n) is 10.6. The fraction of sp³-hybridized carbons (Fsp3) is 0.280. The molecule has 0 radical (unpaired) electrons. The molecule has 1 aromatic heterocycles. The van der Waals surface area contributed by atoms with E-state index in [4.69, 9.17) is 4.42 Å². The molecule has 0 fully saturated rings. The average molecular weight is 420 g/mol. The number of carbonyl (C=O) groups is 2. The number of nitrogens with one attached hydrogen (secondary N) is 2. The summed E-state index contributed by atoms with van der Waals surface area (Å²) in [4.78, 5) is 27.7. The summed E-state index contributed by atoms with van der Waals surface area (Å²) in [6.45, 7) is 6.33. The highest BCUT2D eigenvalue weighted by Crippen LogP contribution is 2.21. The summed E-state index contributed by atoms with van der Waals surface area (Å²) in [5.74, 6) is 0.456. The quantitative estimate of drug-likeness (QED) is 0.523. The lowest BCUT2D eigenvalue weighted by atomic mass is 10.0. The predicted octanol–water partition coefficient (Wildman–Crippen LogP) is 3.91. The average Bonchev–Trinajstić information content (AvgIpc) is 3.34. The molecule has 0 bridgehead atoms. The number of amides is 2. The normalized spacial score (nSPS) is 11.8. The van der Waals surface area contributed by atoms with Gasteiger partial charge in [0.15, 0.2) is 0 Å². The summed E-state index contributed by atoms with van der Waals surface area (Å²) >= 11 is 0. The Morgan fingerprint density at radius 3 is 2.35 bits per heavy atom. The number of nitrogens with zero attached hydrogens (tertiary/aromatic N) is 1. The third-order valence-corrected chi connectivity index (χ3v) is 5.20. The minimum Gasteiger partial charge on any atom is -0.467 e. The molecule has 1 atom stereocenters. The summed E-state index contributed by atoms with van der Waals surface area (Å²) in [7, 11) is 0. The van der Waals surface area contributed by atoms with Crippen LogP contribution in [0.25, 0.3) is 0 Å². The number of furan rings is 1. The summed E-state index contributed by atoms with van der Waals surface area (Å²) in [6.07, 6.45) is 1.58. The van der Waals surface area contributed by atoms with Crippen molar-refractivity contribution in [2.24, 2.45) is 0 Å². The van der Waals surface area contributed by atoms with E-state index in [0.29, 0.717) is 24.4 Å². The molecule has 6 nitrogen and oxygen atoms in total. The Bertz CT molecular complexity index is 967. The molecule has 0 spiro atoms. The van der Waals surface area contributed by atoms with Crippen molar-refractivity contribution in [3.05, 3.63) is 95.4 Å². The zero-order valence-electron chi connectivity index (χ0n) is 18.0. The Morgan fingerprint density at radius 2 is 1.68 bits per heavy atom. The number of carbonyl (C=O) groups excluding carboxylic acids is 2. The molecule has 0 saturated heterocycles. The zero-order valence-corrected chi connectivity index (χ0v) is 18.0. The van der Waals surface area contributed by atoms with Gasteiger partial charge in [-0.15, -0.1) is 0 Å². The molecule has 3 rings (SSSR count). The van der Waals surface area contributed by atoms with Crippen molar-refractivity contribution in [2.75, 3.05) is 13.1 Å². The Kier molecular flexibility index (Phi) is 8.01. The van der Waals surface area contributed by atoms with Crippen molar-refractivity contribution in [1.29, 1.82) is 0 Å². The molecule has 2 N–H and O–H groups in total. The van der Waals surface area contributed by atoms with Gasteiger partial charge in [0.2, 0.25) is 5.91 Å². The predicted molar refractivity (Wildman–Crippen MR) is 120 cm³/mol. The number of hydrogen-bond acceptors (Lipinski definition) is 4. The van der Waals surface area contributed by atoms with Crippen LogP contribution in [0, 0.1) is 0 Å². The molecule has 1 unspecified atom stereocenters. The maximum absolute atomic E-state index is 13.1. The van der Waals surface area contributed by atoms with Crippen LogP contribution in [0.3, 0.4) is 0 Å². The van der Waals surface area contributed by atoms with Gasteiger partial charge in [0.1, 0.15) is 11.8 Å². The molecular formula is C25H29N3O3. The molecule has 0 aliphatic heterocycles. The minimum absolute atomic E-state index is 0.0532. The monoisotopic (exact) mass is 419 g/mol. The smallest absolute Gasteiger partial charge is 0.251 e. The van der Waals surface area contributed by atoms with Crippen molar-refractivity contribution >= 4 is 11.8 Å². The third kappa shape index (κ3) is 6.06. The molecule has 1 heterocycles. The van der Waals surface area contributed by atoms with Gasteiger partial charge in [-0.05, 0) is 48.5 Å². The van der Waals surface area contributed by atoms with Gasteiger partial charge in [-0.1, -0.05) is 56.3 Å². The van der Waals surface area contributed by atoms with Crippen molar-refractivity contribution < 1.29 is 14.0 Å².